The zero-order chi connectivity index (χ0) is 21.6. The number of benzene rings is 1. The van der Waals surface area contributed by atoms with Crippen LogP contribution in [0.5, 0.6) is 0 Å². The van der Waals surface area contributed by atoms with Gasteiger partial charge in [0.25, 0.3) is 0 Å². The fourth-order valence-corrected chi connectivity index (χ4v) is 2.74. The Morgan fingerprint density at radius 2 is 1.76 bits per heavy atom. The van der Waals surface area contributed by atoms with E-state index in [0.29, 0.717) is 5.52 Å². The number of hydrogen-bond donors (Lipinski definition) is 3. The molecule has 154 valence electrons. The Bertz CT molecular complexity index is 964. The van der Waals surface area contributed by atoms with Gasteiger partial charge in [-0.1, -0.05) is 18.2 Å². The molecule has 0 saturated heterocycles. The number of para-hydroxylation sites is 1. The second kappa shape index (κ2) is 9.60. The van der Waals surface area contributed by atoms with E-state index in [1.54, 1.807) is 34.9 Å². The van der Waals surface area contributed by atoms with Crippen molar-refractivity contribution in [3.63, 3.8) is 0 Å². The Morgan fingerprint density at radius 3 is 2.41 bits per heavy atom. The molecular formula is C19H21N3O7. The topological polar surface area (TPSA) is 172 Å². The number of aryl methyl sites for hydroxylation is 1. The van der Waals surface area contributed by atoms with Crippen LogP contribution < -0.4 is 11.5 Å². The summed E-state index contributed by atoms with van der Waals surface area (Å²) in [6.45, 7) is 0.0647. The molecule has 0 bridgehead atoms. The van der Waals surface area contributed by atoms with Crippen LogP contribution in [0.2, 0.25) is 0 Å². The number of carbonyl (C=O) groups excluding carboxylic acids is 4. The van der Waals surface area contributed by atoms with Crippen molar-refractivity contribution in [2.45, 2.75) is 38.3 Å². The molecule has 10 heteroatoms. The molecule has 0 fully saturated rings. The molecule has 0 unspecified atom stereocenters. The molecule has 1 aromatic heterocycles. The molecule has 1 atom stereocenters. The van der Waals surface area contributed by atoms with E-state index in [1.165, 1.54) is 0 Å². The Kier molecular flexibility index (Phi) is 7.21. The lowest BCUT2D eigenvalue weighted by Gasteiger charge is -2.12. The Labute approximate surface area is 165 Å². The molecule has 1 heterocycles. The van der Waals surface area contributed by atoms with E-state index in [2.05, 4.69) is 4.74 Å². The molecular weight excluding hydrogens is 382 g/mol. The minimum atomic E-state index is -1.40. The summed E-state index contributed by atoms with van der Waals surface area (Å²) in [5, 5.41) is 9.69. The molecule has 2 aromatic rings. The zero-order valence-electron chi connectivity index (χ0n) is 15.5. The van der Waals surface area contributed by atoms with Gasteiger partial charge in [-0.05, 0) is 12.1 Å². The van der Waals surface area contributed by atoms with Crippen molar-refractivity contribution in [1.29, 1.82) is 0 Å². The number of carboxylic acids is 1. The molecule has 2 rings (SSSR count). The highest BCUT2D eigenvalue weighted by Crippen LogP contribution is 2.22. The number of esters is 2. The van der Waals surface area contributed by atoms with Gasteiger partial charge in [-0.3, -0.25) is 19.2 Å². The van der Waals surface area contributed by atoms with Gasteiger partial charge in [0.2, 0.25) is 5.91 Å². The maximum absolute atomic E-state index is 12.7. The third-order valence-corrected chi connectivity index (χ3v) is 4.14. The highest BCUT2D eigenvalue weighted by Gasteiger charge is 2.25. The number of carbonyl (C=O) groups is 5. The number of nitrogens with zero attached hydrogens (tertiary/aromatic N) is 1. The van der Waals surface area contributed by atoms with Crippen LogP contribution in [0, 0.1) is 0 Å². The second-order valence-electron chi connectivity index (χ2n) is 6.38. The summed E-state index contributed by atoms with van der Waals surface area (Å²) in [7, 11) is 0. The lowest BCUT2D eigenvalue weighted by Crippen LogP contribution is -2.36. The summed E-state index contributed by atoms with van der Waals surface area (Å²) in [4.78, 5) is 57.7. The number of primary amides is 1. The molecule has 1 aromatic carbocycles. The second-order valence-corrected chi connectivity index (χ2v) is 6.38. The third-order valence-electron chi connectivity index (χ3n) is 4.14. The fraction of sp³-hybridized carbons (Fsp3) is 0.316. The minimum Gasteiger partial charge on any atom is -0.481 e. The molecule has 0 radical (unpaired) electrons. The average Bonchev–Trinajstić information content (AvgIpc) is 3.03. The minimum absolute atomic E-state index is 0.0647. The predicted octanol–water partition coefficient (Wildman–Crippen LogP) is 0.351. The van der Waals surface area contributed by atoms with Gasteiger partial charge in [0, 0.05) is 30.3 Å². The third kappa shape index (κ3) is 5.98. The largest absolute Gasteiger partial charge is 0.481 e. The van der Waals surface area contributed by atoms with Gasteiger partial charge in [-0.25, -0.2) is 4.79 Å². The van der Waals surface area contributed by atoms with Gasteiger partial charge in [0.15, 0.2) is 5.78 Å². The van der Waals surface area contributed by atoms with Crippen LogP contribution in [-0.4, -0.2) is 45.3 Å². The highest BCUT2D eigenvalue weighted by molar-refractivity contribution is 6.02. The van der Waals surface area contributed by atoms with Gasteiger partial charge in [0.1, 0.15) is 6.04 Å². The maximum atomic E-state index is 12.7. The highest BCUT2D eigenvalue weighted by atomic mass is 16.6. The van der Waals surface area contributed by atoms with E-state index in [9.17, 15) is 24.0 Å². The predicted molar refractivity (Wildman–Crippen MR) is 101 cm³/mol. The summed E-state index contributed by atoms with van der Waals surface area (Å²) in [5.74, 6) is -4.30. The van der Waals surface area contributed by atoms with Crippen LogP contribution in [0.15, 0.2) is 30.3 Å². The Morgan fingerprint density at radius 1 is 1.07 bits per heavy atom. The molecule has 5 N–H and O–H groups in total. The Hall–Kier alpha value is -3.53. The van der Waals surface area contributed by atoms with Crippen LogP contribution >= 0.6 is 0 Å². The lowest BCUT2D eigenvalue weighted by molar-refractivity contribution is -0.161. The van der Waals surface area contributed by atoms with Crippen molar-refractivity contribution in [3.05, 3.63) is 36.0 Å². The number of carboxylic acid groups (broad SMARTS) is 1. The number of aromatic nitrogens is 1. The van der Waals surface area contributed by atoms with Crippen molar-refractivity contribution in [3.8, 4) is 0 Å². The molecule has 0 aliphatic rings. The number of amides is 1. The number of ether oxygens (including phenoxy) is 1. The van der Waals surface area contributed by atoms with Crippen LogP contribution in [0.4, 0.5) is 0 Å². The van der Waals surface area contributed by atoms with E-state index in [-0.39, 0.29) is 31.5 Å². The first-order valence-corrected chi connectivity index (χ1v) is 8.80. The molecule has 10 nitrogen and oxygen atoms in total. The van der Waals surface area contributed by atoms with Gasteiger partial charge in [-0.15, -0.1) is 0 Å². The summed E-state index contributed by atoms with van der Waals surface area (Å²) in [6.07, 6.45) is -1.28. The number of fused-ring (bicyclic) bond motifs is 1. The van der Waals surface area contributed by atoms with E-state index >= 15 is 0 Å². The normalized spacial score (nSPS) is 11.8. The number of hydrogen-bond acceptors (Lipinski definition) is 7. The van der Waals surface area contributed by atoms with Crippen molar-refractivity contribution >= 4 is 40.5 Å². The van der Waals surface area contributed by atoms with Crippen molar-refractivity contribution in [2.24, 2.45) is 11.5 Å². The fourth-order valence-electron chi connectivity index (χ4n) is 2.74. The van der Waals surface area contributed by atoms with Gasteiger partial charge in [0.05, 0.1) is 18.5 Å². The van der Waals surface area contributed by atoms with Gasteiger partial charge < -0.3 is 25.9 Å². The van der Waals surface area contributed by atoms with Crippen LogP contribution in [0.1, 0.15) is 36.2 Å². The summed E-state index contributed by atoms with van der Waals surface area (Å²) in [6, 6.07) is 7.25. The lowest BCUT2D eigenvalue weighted by atomic mass is 10.1. The average molecular weight is 403 g/mol. The molecule has 0 saturated carbocycles. The Balaban J connectivity index is 2.11. The molecule has 0 aliphatic heterocycles. The van der Waals surface area contributed by atoms with Crippen molar-refractivity contribution in [1.82, 2.24) is 4.57 Å². The molecule has 29 heavy (non-hydrogen) atoms. The number of Topliss-reactive ketones (excluding diaryl/α,β-unsaturated/α-hetero) is 1. The van der Waals surface area contributed by atoms with Crippen LogP contribution in [-0.2, 0) is 30.5 Å². The van der Waals surface area contributed by atoms with E-state index in [0.717, 1.165) is 5.39 Å². The van der Waals surface area contributed by atoms with Crippen molar-refractivity contribution < 1.29 is 33.8 Å². The number of aliphatic carboxylic acids is 1. The summed E-state index contributed by atoms with van der Waals surface area (Å²) < 4.78 is 6.08. The number of rotatable bonds is 10. The van der Waals surface area contributed by atoms with Crippen LogP contribution in [0.3, 0.4) is 0 Å². The molecule has 0 aliphatic carbocycles. The molecule has 0 spiro atoms. The van der Waals surface area contributed by atoms with E-state index in [4.69, 9.17) is 16.6 Å². The number of ketones is 1. The summed E-state index contributed by atoms with van der Waals surface area (Å²) in [5.41, 5.74) is 11.5. The number of nitrogens with two attached hydrogens (primary N) is 2. The van der Waals surface area contributed by atoms with Gasteiger partial charge >= 0.3 is 17.9 Å². The summed E-state index contributed by atoms with van der Waals surface area (Å²) >= 11 is 0. The van der Waals surface area contributed by atoms with Crippen LogP contribution in [0.25, 0.3) is 10.9 Å². The van der Waals surface area contributed by atoms with E-state index in [1.807, 2.05) is 0 Å². The zero-order valence-corrected chi connectivity index (χ0v) is 15.5. The first kappa shape index (κ1) is 21.8. The first-order valence-electron chi connectivity index (χ1n) is 8.80. The molecule has 1 amide bonds. The van der Waals surface area contributed by atoms with E-state index < -0.39 is 42.1 Å². The SMILES string of the molecule is NC(=O)CCC(=O)OC(=O)[C@@H](N)CC(=O)c1cc2ccccc2n1CCC(=O)O. The first-order chi connectivity index (χ1) is 13.7. The monoisotopic (exact) mass is 403 g/mol. The smallest absolute Gasteiger partial charge is 0.331 e. The maximum Gasteiger partial charge on any atom is 0.331 e. The standard InChI is InChI=1S/C19H21N3O7/c20-12(19(28)29-18(27)6-5-16(21)24)10-15(23)14-9-11-3-1-2-4-13(11)22(14)8-7-17(25)26/h1-4,9,12H,5-8,10,20H2,(H2,21,24)(H,25,26)/t12-/m0/s1. The van der Waals surface area contributed by atoms with Gasteiger partial charge in [-0.2, -0.15) is 0 Å². The van der Waals surface area contributed by atoms with Crippen molar-refractivity contribution in [2.75, 3.05) is 0 Å². The quantitative estimate of drug-likeness (QED) is 0.289.